The van der Waals surface area contributed by atoms with E-state index in [1.165, 1.54) is 17.2 Å². The molecule has 0 unspecified atom stereocenters. The highest BCUT2D eigenvalue weighted by molar-refractivity contribution is 5.70. The molecule has 0 spiro atoms. The summed E-state index contributed by atoms with van der Waals surface area (Å²) in [5.41, 5.74) is 10.3. The molecule has 2 rings (SSSR count). The molecule has 0 aliphatic carbocycles. The number of benzene rings is 2. The molecule has 0 aliphatic rings. The summed E-state index contributed by atoms with van der Waals surface area (Å²) in [6.07, 6.45) is 0. The fourth-order valence-electron chi connectivity index (χ4n) is 2.38. The Morgan fingerprint density at radius 3 is 2.15 bits per heavy atom. The molecule has 2 aromatic rings. The van der Waals surface area contributed by atoms with E-state index in [2.05, 4.69) is 45.9 Å². The first kappa shape index (κ1) is 14.6. The second-order valence-corrected chi connectivity index (χ2v) is 5.89. The van der Waals surface area contributed by atoms with E-state index >= 15 is 0 Å². The molecule has 20 heavy (non-hydrogen) atoms. The van der Waals surface area contributed by atoms with E-state index in [0.717, 1.165) is 11.1 Å². The minimum atomic E-state index is -0.356. The van der Waals surface area contributed by atoms with Crippen LogP contribution >= 0.6 is 0 Å². The molecule has 2 N–H and O–H groups in total. The molecular weight excluding hydrogens is 249 g/mol. The van der Waals surface area contributed by atoms with Crippen molar-refractivity contribution in [2.75, 3.05) is 5.73 Å². The predicted octanol–water partition coefficient (Wildman–Crippen LogP) is 5.32. The van der Waals surface area contributed by atoms with Gasteiger partial charge in [-0.1, -0.05) is 52.0 Å². The van der Waals surface area contributed by atoms with Crippen LogP contribution in [0.4, 0.5) is 10.1 Å². The molecule has 0 bridgehead atoms. The van der Waals surface area contributed by atoms with Gasteiger partial charge in [0.1, 0.15) is 5.82 Å². The van der Waals surface area contributed by atoms with Crippen molar-refractivity contribution in [3.63, 3.8) is 0 Å². The van der Waals surface area contributed by atoms with Gasteiger partial charge in [-0.05, 0) is 46.2 Å². The van der Waals surface area contributed by atoms with Gasteiger partial charge in [-0.3, -0.25) is 0 Å². The van der Waals surface area contributed by atoms with Crippen molar-refractivity contribution in [2.24, 2.45) is 0 Å². The van der Waals surface area contributed by atoms with Crippen molar-refractivity contribution in [3.8, 4) is 11.1 Å². The smallest absolute Gasteiger partial charge is 0.146 e. The third-order valence-corrected chi connectivity index (χ3v) is 3.68. The normalized spacial score (nSPS) is 11.3. The third-order valence-electron chi connectivity index (χ3n) is 3.68. The van der Waals surface area contributed by atoms with Gasteiger partial charge < -0.3 is 5.73 Å². The van der Waals surface area contributed by atoms with Crippen LogP contribution in [-0.4, -0.2) is 0 Å². The lowest BCUT2D eigenvalue weighted by atomic mass is 9.88. The number of rotatable bonds is 3. The number of nitrogen functional groups attached to an aromatic ring is 1. The van der Waals surface area contributed by atoms with E-state index in [4.69, 9.17) is 5.73 Å². The number of nitrogens with two attached hydrogens (primary N) is 1. The van der Waals surface area contributed by atoms with E-state index in [1.54, 1.807) is 6.07 Å². The number of anilines is 1. The van der Waals surface area contributed by atoms with Gasteiger partial charge in [0.25, 0.3) is 0 Å². The van der Waals surface area contributed by atoms with E-state index in [0.29, 0.717) is 11.8 Å². The van der Waals surface area contributed by atoms with Gasteiger partial charge in [0.2, 0.25) is 0 Å². The van der Waals surface area contributed by atoms with E-state index in [1.807, 2.05) is 6.07 Å². The standard InChI is InChI=1S/C18H22FN/c1-11(2)13-5-7-15(16(9-13)12(3)4)14-6-8-18(20)17(19)10-14/h5-12H,20H2,1-4H3. The fourth-order valence-corrected chi connectivity index (χ4v) is 2.38. The summed E-state index contributed by atoms with van der Waals surface area (Å²) in [6, 6.07) is 11.5. The van der Waals surface area contributed by atoms with Gasteiger partial charge in [-0.15, -0.1) is 0 Å². The van der Waals surface area contributed by atoms with Crippen molar-refractivity contribution >= 4 is 5.69 Å². The van der Waals surface area contributed by atoms with Crippen molar-refractivity contribution in [3.05, 3.63) is 53.3 Å². The zero-order chi connectivity index (χ0) is 14.9. The fraction of sp³-hybridized carbons (Fsp3) is 0.333. The first-order valence-electron chi connectivity index (χ1n) is 7.09. The highest BCUT2D eigenvalue weighted by atomic mass is 19.1. The lowest BCUT2D eigenvalue weighted by Gasteiger charge is -2.17. The monoisotopic (exact) mass is 271 g/mol. The predicted molar refractivity (Wildman–Crippen MR) is 84.4 cm³/mol. The van der Waals surface area contributed by atoms with Crippen molar-refractivity contribution in [1.82, 2.24) is 0 Å². The topological polar surface area (TPSA) is 26.0 Å². The van der Waals surface area contributed by atoms with Crippen LogP contribution in [0.5, 0.6) is 0 Å². The SMILES string of the molecule is CC(C)c1ccc(-c2ccc(N)c(F)c2)c(C(C)C)c1. The first-order valence-corrected chi connectivity index (χ1v) is 7.09. The molecule has 2 aromatic carbocycles. The Hall–Kier alpha value is -1.83. The Balaban J connectivity index is 2.58. The second kappa shape index (κ2) is 5.66. The molecule has 0 saturated heterocycles. The Kier molecular flexibility index (Phi) is 4.12. The van der Waals surface area contributed by atoms with Crippen LogP contribution in [-0.2, 0) is 0 Å². The van der Waals surface area contributed by atoms with E-state index in [9.17, 15) is 4.39 Å². The van der Waals surface area contributed by atoms with Crippen LogP contribution in [0.3, 0.4) is 0 Å². The van der Waals surface area contributed by atoms with Gasteiger partial charge in [-0.2, -0.15) is 0 Å². The van der Waals surface area contributed by atoms with Crippen molar-refractivity contribution in [1.29, 1.82) is 0 Å². The van der Waals surface area contributed by atoms with Gasteiger partial charge >= 0.3 is 0 Å². The Morgan fingerprint density at radius 1 is 0.900 bits per heavy atom. The van der Waals surface area contributed by atoms with Crippen molar-refractivity contribution in [2.45, 2.75) is 39.5 Å². The quantitative estimate of drug-likeness (QED) is 0.751. The van der Waals surface area contributed by atoms with E-state index in [-0.39, 0.29) is 11.5 Å². The van der Waals surface area contributed by atoms with Gasteiger partial charge in [0, 0.05) is 0 Å². The summed E-state index contributed by atoms with van der Waals surface area (Å²) in [5.74, 6) is 0.527. The van der Waals surface area contributed by atoms with Crippen LogP contribution < -0.4 is 5.73 Å². The lowest BCUT2D eigenvalue weighted by molar-refractivity contribution is 0.633. The molecule has 0 fully saturated rings. The van der Waals surface area contributed by atoms with Gasteiger partial charge in [0.15, 0.2) is 0 Å². The minimum absolute atomic E-state index is 0.193. The summed E-state index contributed by atoms with van der Waals surface area (Å²) in [7, 11) is 0. The highest BCUT2D eigenvalue weighted by Gasteiger charge is 2.12. The molecule has 0 saturated carbocycles. The van der Waals surface area contributed by atoms with Crippen LogP contribution in [0.1, 0.15) is 50.7 Å². The van der Waals surface area contributed by atoms with Gasteiger partial charge in [-0.25, -0.2) is 4.39 Å². The third kappa shape index (κ3) is 2.84. The molecule has 1 nitrogen and oxygen atoms in total. The summed E-state index contributed by atoms with van der Waals surface area (Å²) in [5, 5.41) is 0. The Morgan fingerprint density at radius 2 is 1.60 bits per heavy atom. The van der Waals surface area contributed by atoms with Crippen LogP contribution in [0.15, 0.2) is 36.4 Å². The summed E-state index contributed by atoms with van der Waals surface area (Å²) in [6.45, 7) is 8.69. The van der Waals surface area contributed by atoms with E-state index < -0.39 is 0 Å². The molecule has 0 heterocycles. The number of hydrogen-bond acceptors (Lipinski definition) is 1. The summed E-state index contributed by atoms with van der Waals surface area (Å²) >= 11 is 0. The average Bonchev–Trinajstić information content (AvgIpc) is 2.41. The molecule has 0 aliphatic heterocycles. The first-order chi connectivity index (χ1) is 9.40. The Labute approximate surface area is 120 Å². The molecule has 106 valence electrons. The van der Waals surface area contributed by atoms with Crippen LogP contribution in [0.2, 0.25) is 0 Å². The van der Waals surface area contributed by atoms with Crippen molar-refractivity contribution < 1.29 is 4.39 Å². The maximum absolute atomic E-state index is 13.7. The molecule has 0 radical (unpaired) electrons. The minimum Gasteiger partial charge on any atom is -0.396 e. The zero-order valence-corrected chi connectivity index (χ0v) is 12.6. The highest BCUT2D eigenvalue weighted by Crippen LogP contribution is 2.33. The van der Waals surface area contributed by atoms with Gasteiger partial charge in [0.05, 0.1) is 5.69 Å². The summed E-state index contributed by atoms with van der Waals surface area (Å²) < 4.78 is 13.7. The number of halogens is 1. The summed E-state index contributed by atoms with van der Waals surface area (Å²) in [4.78, 5) is 0. The largest absolute Gasteiger partial charge is 0.396 e. The maximum atomic E-state index is 13.7. The average molecular weight is 271 g/mol. The lowest BCUT2D eigenvalue weighted by Crippen LogP contribution is -1.98. The maximum Gasteiger partial charge on any atom is 0.146 e. The van der Waals surface area contributed by atoms with Crippen LogP contribution in [0.25, 0.3) is 11.1 Å². The molecular formula is C18H22FN. The molecule has 0 atom stereocenters. The second-order valence-electron chi connectivity index (χ2n) is 5.89. The Bertz CT molecular complexity index is 615. The van der Waals surface area contributed by atoms with Crippen LogP contribution in [0, 0.1) is 5.82 Å². The molecule has 2 heteroatoms. The molecule has 0 amide bonds. The molecule has 0 aromatic heterocycles. The number of hydrogen-bond donors (Lipinski definition) is 1. The zero-order valence-electron chi connectivity index (χ0n) is 12.6.